The maximum absolute atomic E-state index is 8.88. The summed E-state index contributed by atoms with van der Waals surface area (Å²) in [5.41, 5.74) is 0. The first-order valence-corrected chi connectivity index (χ1v) is 2.35. The zero-order valence-electron chi connectivity index (χ0n) is 4.90. The molecule has 0 heterocycles. The normalized spacial score (nSPS) is 7.38. The van der Waals surface area contributed by atoms with Crippen LogP contribution in [0.25, 0.3) is 0 Å². The van der Waals surface area contributed by atoms with Gasteiger partial charge in [0, 0.05) is 0 Å². The molecule has 0 aliphatic rings. The Labute approximate surface area is 61.9 Å². The third-order valence-electron chi connectivity index (χ3n) is 0. The summed E-state index contributed by atoms with van der Waals surface area (Å²) < 4.78 is 8.88. The maximum Gasteiger partial charge on any atom is 2.00 e. The van der Waals surface area contributed by atoms with Crippen molar-refractivity contribution in [3.05, 3.63) is 14.9 Å². The Kier molecular flexibility index (Phi) is 22.5. The molecule has 0 fully saturated rings. The van der Waals surface area contributed by atoms with Crippen LogP contribution in [0.3, 0.4) is 0 Å². The van der Waals surface area contributed by atoms with Crippen LogP contribution in [0.1, 0.15) is 0 Å². The summed E-state index contributed by atoms with van der Waals surface area (Å²) in [4.78, 5) is 21.6. The monoisotopic (exact) mass is 192 g/mol. The van der Waals surface area contributed by atoms with Crippen molar-refractivity contribution in [2.45, 2.75) is 0 Å². The van der Waals surface area contributed by atoms with Crippen molar-refractivity contribution < 1.29 is 38.7 Å². The molecular formula is C2H9O4PZn. The molecule has 0 aromatic rings. The van der Waals surface area contributed by atoms with Crippen molar-refractivity contribution in [3.8, 4) is 0 Å². The van der Waals surface area contributed by atoms with E-state index in [9.17, 15) is 0 Å². The van der Waals surface area contributed by atoms with Crippen molar-refractivity contribution in [2.24, 2.45) is 0 Å². The molecule has 0 aromatic heterocycles. The van der Waals surface area contributed by atoms with E-state index in [1.807, 2.05) is 0 Å². The van der Waals surface area contributed by atoms with Crippen LogP contribution in [0.15, 0.2) is 0 Å². The van der Waals surface area contributed by atoms with E-state index >= 15 is 0 Å². The van der Waals surface area contributed by atoms with Gasteiger partial charge in [-0.05, 0) is 0 Å². The van der Waals surface area contributed by atoms with E-state index in [4.69, 9.17) is 19.2 Å². The van der Waals surface area contributed by atoms with Crippen LogP contribution in [-0.2, 0) is 24.0 Å². The average Bonchev–Trinajstić information content (AvgIpc) is 0.722. The zero-order valence-corrected chi connectivity index (χ0v) is 8.77. The van der Waals surface area contributed by atoms with Gasteiger partial charge < -0.3 is 29.5 Å². The summed E-state index contributed by atoms with van der Waals surface area (Å²) in [5, 5.41) is 0. The molecule has 0 atom stereocenters. The van der Waals surface area contributed by atoms with Crippen LogP contribution in [0.5, 0.6) is 0 Å². The molecule has 0 bridgehead atoms. The van der Waals surface area contributed by atoms with E-state index < -0.39 is 7.82 Å². The first-order valence-electron chi connectivity index (χ1n) is 0.783. The molecule has 6 heteroatoms. The molecule has 0 saturated carbocycles. The molecule has 0 saturated heterocycles. The molecule has 0 rings (SSSR count). The van der Waals surface area contributed by atoms with Gasteiger partial charge in [-0.25, -0.2) is 4.57 Å². The fourth-order valence-electron chi connectivity index (χ4n) is 0. The quantitative estimate of drug-likeness (QED) is 0.287. The Bertz CT molecular complexity index is 60.2. The van der Waals surface area contributed by atoms with Gasteiger partial charge in [-0.15, -0.1) is 0 Å². The van der Waals surface area contributed by atoms with Crippen molar-refractivity contribution in [2.75, 3.05) is 0 Å². The third kappa shape index (κ3) is 412. The molecule has 0 spiro atoms. The minimum atomic E-state index is -4.64. The average molecular weight is 193 g/mol. The van der Waals surface area contributed by atoms with Crippen molar-refractivity contribution in [3.63, 3.8) is 0 Å². The van der Waals surface area contributed by atoms with E-state index in [0.29, 0.717) is 0 Å². The van der Waals surface area contributed by atoms with Gasteiger partial charge in [-0.3, -0.25) is 0 Å². The van der Waals surface area contributed by atoms with Crippen LogP contribution < -0.4 is 0 Å². The Balaban J connectivity index is -0.0000000267. The number of rotatable bonds is 0. The molecule has 0 aromatic carbocycles. The van der Waals surface area contributed by atoms with Gasteiger partial charge in [0.25, 0.3) is 0 Å². The Hall–Kier alpha value is 0.733. The maximum atomic E-state index is 8.88. The van der Waals surface area contributed by atoms with Crippen LogP contribution in [0.4, 0.5) is 0 Å². The summed E-state index contributed by atoms with van der Waals surface area (Å²) in [5.74, 6) is 0. The molecule has 0 aliphatic heterocycles. The predicted octanol–water partition coefficient (Wildman–Crippen LogP) is -0.0305. The topological polar surface area (TPSA) is 77.8 Å². The van der Waals surface area contributed by atoms with Crippen LogP contribution >= 0.6 is 7.82 Å². The smallest absolute Gasteiger partial charge is 0.358 e. The van der Waals surface area contributed by atoms with E-state index in [2.05, 4.69) is 0 Å². The minimum absolute atomic E-state index is 0. The molecule has 0 aliphatic carbocycles. The summed E-state index contributed by atoms with van der Waals surface area (Å²) in [6, 6.07) is 0. The second kappa shape index (κ2) is 7.73. The first-order chi connectivity index (χ1) is 2.00. The van der Waals surface area contributed by atoms with Gasteiger partial charge in [0.15, 0.2) is 0 Å². The summed E-state index contributed by atoms with van der Waals surface area (Å²) in [7, 11) is -4.64. The fourth-order valence-corrected chi connectivity index (χ4v) is 0. The van der Waals surface area contributed by atoms with E-state index in [1.165, 1.54) is 0 Å². The van der Waals surface area contributed by atoms with E-state index in [-0.39, 0.29) is 34.3 Å². The summed E-state index contributed by atoms with van der Waals surface area (Å²) >= 11 is 0. The number of hydrogen-bond acceptors (Lipinski definition) is 1. The van der Waals surface area contributed by atoms with Crippen LogP contribution in [-0.4, -0.2) is 14.7 Å². The predicted molar refractivity (Wildman–Crippen MR) is 27.1 cm³/mol. The van der Waals surface area contributed by atoms with Crippen molar-refractivity contribution in [1.82, 2.24) is 0 Å². The van der Waals surface area contributed by atoms with Gasteiger partial charge in [0.2, 0.25) is 0 Å². The van der Waals surface area contributed by atoms with Gasteiger partial charge in [0.1, 0.15) is 0 Å². The molecule has 0 amide bonds. The third-order valence-corrected chi connectivity index (χ3v) is 0. The Morgan fingerprint density at radius 2 is 1.00 bits per heavy atom. The van der Waals surface area contributed by atoms with Crippen molar-refractivity contribution >= 4 is 7.82 Å². The summed E-state index contributed by atoms with van der Waals surface area (Å²) in [6.45, 7) is 0. The van der Waals surface area contributed by atoms with Gasteiger partial charge in [-0.2, -0.15) is 0 Å². The second-order valence-electron chi connectivity index (χ2n) is 0.513. The van der Waals surface area contributed by atoms with Gasteiger partial charge in [-0.1, -0.05) is 0 Å². The van der Waals surface area contributed by atoms with Gasteiger partial charge in [0.05, 0.1) is 0 Å². The molecule has 0 radical (unpaired) electrons. The standard InChI is InChI=1S/2CH3.H3O4P.Zn/c;;1-5(2,3)4;/h2*1H3;(H3,1,2,3,4);/q2*-1;;+2. The van der Waals surface area contributed by atoms with Crippen LogP contribution in [0, 0.1) is 14.9 Å². The first kappa shape index (κ1) is 23.3. The molecule has 8 heavy (non-hydrogen) atoms. The second-order valence-corrected chi connectivity index (χ2v) is 1.54. The Morgan fingerprint density at radius 1 is 1.00 bits per heavy atom. The molecule has 4 nitrogen and oxygen atoms in total. The largest absolute Gasteiger partial charge is 2.00 e. The minimum Gasteiger partial charge on any atom is -0.358 e. The molecular weight excluding hydrogens is 184 g/mol. The SMILES string of the molecule is O=P(O)(O)O.[CH3-].[CH3-].[Zn+2]. The number of hydrogen-bond donors (Lipinski definition) is 3. The van der Waals surface area contributed by atoms with Crippen LogP contribution in [0.2, 0.25) is 0 Å². The van der Waals surface area contributed by atoms with E-state index in [0.717, 1.165) is 0 Å². The molecule has 3 N–H and O–H groups in total. The summed E-state index contributed by atoms with van der Waals surface area (Å²) in [6.07, 6.45) is 0. The zero-order chi connectivity index (χ0) is 4.50. The van der Waals surface area contributed by atoms with Gasteiger partial charge >= 0.3 is 27.3 Å². The van der Waals surface area contributed by atoms with Crippen molar-refractivity contribution in [1.29, 1.82) is 0 Å². The Morgan fingerprint density at radius 3 is 1.00 bits per heavy atom. The molecule has 48 valence electrons. The molecule has 0 unspecified atom stereocenters. The number of phosphoric acid groups is 1. The fraction of sp³-hybridized carbons (Fsp3) is 0. The van der Waals surface area contributed by atoms with E-state index in [1.54, 1.807) is 0 Å².